The predicted octanol–water partition coefficient (Wildman–Crippen LogP) is 3.38. The largest absolute Gasteiger partial charge is 0.327 e. The number of rotatable bonds is 2. The number of nitrogens with two attached hydrogens (primary N) is 1. The summed E-state index contributed by atoms with van der Waals surface area (Å²) in [7, 11) is 0. The zero-order valence-corrected chi connectivity index (χ0v) is 10.5. The third-order valence-corrected chi connectivity index (χ3v) is 4.06. The normalized spacial score (nSPS) is 19.2. The van der Waals surface area contributed by atoms with E-state index in [1.165, 1.54) is 0 Å². The van der Waals surface area contributed by atoms with Gasteiger partial charge in [0.05, 0.1) is 4.47 Å². The fourth-order valence-electron chi connectivity index (χ4n) is 2.11. The van der Waals surface area contributed by atoms with Gasteiger partial charge in [-0.1, -0.05) is 0 Å². The molecular formula is C11H10BrF4N. The molecule has 2 rings (SSSR count). The Morgan fingerprint density at radius 2 is 1.47 bits per heavy atom. The molecule has 0 aromatic heterocycles. The van der Waals surface area contributed by atoms with Crippen molar-refractivity contribution in [1.29, 1.82) is 0 Å². The van der Waals surface area contributed by atoms with E-state index in [1.807, 2.05) is 0 Å². The van der Waals surface area contributed by atoms with Crippen LogP contribution in [0.2, 0.25) is 0 Å². The van der Waals surface area contributed by atoms with Crippen LogP contribution in [0.1, 0.15) is 25.3 Å². The van der Waals surface area contributed by atoms with Gasteiger partial charge in [-0.15, -0.1) is 0 Å². The first-order valence-electron chi connectivity index (χ1n) is 5.10. The molecule has 0 bridgehead atoms. The number of hydrogen-bond donors (Lipinski definition) is 1. The molecule has 1 nitrogen and oxygen atoms in total. The van der Waals surface area contributed by atoms with E-state index in [1.54, 1.807) is 6.92 Å². The molecule has 1 atom stereocenters. The molecule has 1 unspecified atom stereocenters. The van der Waals surface area contributed by atoms with Gasteiger partial charge in [0.1, 0.15) is 0 Å². The second-order valence-electron chi connectivity index (χ2n) is 4.39. The van der Waals surface area contributed by atoms with E-state index in [4.69, 9.17) is 5.73 Å². The van der Waals surface area contributed by atoms with Crippen LogP contribution in [-0.2, 0) is 5.41 Å². The molecule has 0 saturated heterocycles. The van der Waals surface area contributed by atoms with Crippen molar-refractivity contribution >= 4 is 15.9 Å². The molecule has 0 amide bonds. The number of hydrogen-bond acceptors (Lipinski definition) is 1. The van der Waals surface area contributed by atoms with Gasteiger partial charge in [0.25, 0.3) is 0 Å². The van der Waals surface area contributed by atoms with Gasteiger partial charge in [0, 0.05) is 17.0 Å². The summed E-state index contributed by atoms with van der Waals surface area (Å²) in [5.74, 6) is -5.53. The minimum absolute atomic E-state index is 0.430. The predicted molar refractivity (Wildman–Crippen MR) is 58.5 cm³/mol. The van der Waals surface area contributed by atoms with Crippen LogP contribution in [0.4, 0.5) is 17.6 Å². The number of benzene rings is 1. The van der Waals surface area contributed by atoms with Crippen molar-refractivity contribution in [3.8, 4) is 0 Å². The quantitative estimate of drug-likeness (QED) is 0.506. The molecule has 1 aliphatic carbocycles. The average Bonchev–Trinajstić information content (AvgIpc) is 3.05. The Bertz CT molecular complexity index is 454. The lowest BCUT2D eigenvalue weighted by Crippen LogP contribution is -2.34. The highest BCUT2D eigenvalue weighted by molar-refractivity contribution is 9.10. The van der Waals surface area contributed by atoms with Crippen molar-refractivity contribution in [3.63, 3.8) is 0 Å². The molecule has 0 aliphatic heterocycles. The average molecular weight is 312 g/mol. The van der Waals surface area contributed by atoms with Crippen molar-refractivity contribution in [2.24, 2.45) is 5.73 Å². The fraction of sp³-hybridized carbons (Fsp3) is 0.455. The number of halogens is 5. The maximum Gasteiger partial charge on any atom is 0.176 e. The third-order valence-electron chi connectivity index (χ3n) is 3.37. The summed E-state index contributed by atoms with van der Waals surface area (Å²) in [5, 5.41) is 0. The van der Waals surface area contributed by atoms with Gasteiger partial charge in [0.2, 0.25) is 0 Å². The lowest BCUT2D eigenvalue weighted by Gasteiger charge is -2.22. The summed E-state index contributed by atoms with van der Waals surface area (Å²) < 4.78 is 53.4. The van der Waals surface area contributed by atoms with Crippen molar-refractivity contribution in [2.75, 3.05) is 0 Å². The molecule has 6 heteroatoms. The van der Waals surface area contributed by atoms with Gasteiger partial charge in [0.15, 0.2) is 23.3 Å². The summed E-state index contributed by atoms with van der Waals surface area (Å²) >= 11 is 2.48. The zero-order valence-electron chi connectivity index (χ0n) is 8.96. The van der Waals surface area contributed by atoms with Crippen LogP contribution >= 0.6 is 15.9 Å². The van der Waals surface area contributed by atoms with E-state index in [2.05, 4.69) is 15.9 Å². The SMILES string of the molecule is CC(N)C1(c2c(F)c(F)c(Br)c(F)c2F)CC1. The molecule has 1 saturated carbocycles. The smallest absolute Gasteiger partial charge is 0.176 e. The highest BCUT2D eigenvalue weighted by atomic mass is 79.9. The van der Waals surface area contributed by atoms with Crippen molar-refractivity contribution < 1.29 is 17.6 Å². The van der Waals surface area contributed by atoms with E-state index in [-0.39, 0.29) is 0 Å². The standard InChI is InChI=1S/C11H10BrF4N/c1-4(17)11(2-3-11)5-7(13)9(15)6(12)10(16)8(5)14/h4H,2-3,17H2,1H3. The highest BCUT2D eigenvalue weighted by Crippen LogP contribution is 2.53. The summed E-state index contributed by atoms with van der Waals surface area (Å²) in [6.45, 7) is 1.57. The molecule has 94 valence electrons. The van der Waals surface area contributed by atoms with Crippen molar-refractivity contribution in [2.45, 2.75) is 31.2 Å². The van der Waals surface area contributed by atoms with Gasteiger partial charge >= 0.3 is 0 Å². The maximum atomic E-state index is 13.7. The minimum atomic E-state index is -1.41. The zero-order chi connectivity index (χ0) is 13.0. The first kappa shape index (κ1) is 12.8. The monoisotopic (exact) mass is 311 g/mol. The third kappa shape index (κ3) is 1.69. The Balaban J connectivity index is 2.71. The van der Waals surface area contributed by atoms with Gasteiger partial charge in [-0.2, -0.15) is 0 Å². The van der Waals surface area contributed by atoms with Crippen molar-refractivity contribution in [3.05, 3.63) is 33.3 Å². The van der Waals surface area contributed by atoms with Crippen LogP contribution in [0.25, 0.3) is 0 Å². The topological polar surface area (TPSA) is 26.0 Å². The lowest BCUT2D eigenvalue weighted by molar-refractivity contribution is 0.401. The van der Waals surface area contributed by atoms with E-state index in [0.29, 0.717) is 12.8 Å². The molecular weight excluding hydrogens is 302 g/mol. The maximum absolute atomic E-state index is 13.7. The molecule has 2 N–H and O–H groups in total. The summed E-state index contributed by atoms with van der Waals surface area (Å²) in [5.41, 5.74) is 4.11. The Morgan fingerprint density at radius 1 is 1.06 bits per heavy atom. The van der Waals surface area contributed by atoms with Crippen LogP contribution in [0.3, 0.4) is 0 Å². The Morgan fingerprint density at radius 3 is 1.76 bits per heavy atom. The molecule has 17 heavy (non-hydrogen) atoms. The van der Waals surface area contributed by atoms with Gasteiger partial charge in [-0.25, -0.2) is 17.6 Å². The summed E-state index contributed by atoms with van der Waals surface area (Å²) in [6, 6.07) is -0.563. The Hall–Kier alpha value is -0.620. The van der Waals surface area contributed by atoms with Crippen LogP contribution in [0.5, 0.6) is 0 Å². The Kier molecular flexibility index (Phi) is 2.98. The van der Waals surface area contributed by atoms with Crippen LogP contribution in [-0.4, -0.2) is 6.04 Å². The molecule has 1 aromatic rings. The molecule has 0 spiro atoms. The van der Waals surface area contributed by atoms with Gasteiger partial charge in [-0.05, 0) is 35.7 Å². The molecule has 1 aromatic carbocycles. The van der Waals surface area contributed by atoms with Crippen LogP contribution in [0, 0.1) is 23.3 Å². The van der Waals surface area contributed by atoms with Crippen molar-refractivity contribution in [1.82, 2.24) is 0 Å². The summed E-state index contributed by atoms with van der Waals surface area (Å²) in [4.78, 5) is 0. The van der Waals surface area contributed by atoms with Crippen LogP contribution < -0.4 is 5.73 Å². The van der Waals surface area contributed by atoms with E-state index >= 15 is 0 Å². The second kappa shape index (κ2) is 3.95. The lowest BCUT2D eigenvalue weighted by atomic mass is 9.88. The van der Waals surface area contributed by atoms with E-state index in [0.717, 1.165) is 0 Å². The molecule has 1 aliphatic rings. The fourth-order valence-corrected chi connectivity index (χ4v) is 2.46. The van der Waals surface area contributed by atoms with E-state index in [9.17, 15) is 17.6 Å². The minimum Gasteiger partial charge on any atom is -0.327 e. The highest BCUT2D eigenvalue weighted by Gasteiger charge is 2.52. The first-order valence-corrected chi connectivity index (χ1v) is 5.89. The van der Waals surface area contributed by atoms with E-state index < -0.39 is 44.8 Å². The Labute approximate surface area is 104 Å². The first-order chi connectivity index (χ1) is 7.83. The molecule has 0 heterocycles. The van der Waals surface area contributed by atoms with Gasteiger partial charge < -0.3 is 5.73 Å². The summed E-state index contributed by atoms with van der Waals surface area (Å²) in [6.07, 6.45) is 0.859. The molecule has 0 radical (unpaired) electrons. The second-order valence-corrected chi connectivity index (χ2v) is 5.18. The van der Waals surface area contributed by atoms with Gasteiger partial charge in [-0.3, -0.25) is 0 Å². The molecule has 1 fully saturated rings. The van der Waals surface area contributed by atoms with Crippen LogP contribution in [0.15, 0.2) is 4.47 Å².